The molecule has 0 aliphatic heterocycles. The fourth-order valence-electron chi connectivity index (χ4n) is 3.11. The van der Waals surface area contributed by atoms with Gasteiger partial charge >= 0.3 is 0 Å². The van der Waals surface area contributed by atoms with Crippen LogP contribution < -0.4 is 14.7 Å². The quantitative estimate of drug-likeness (QED) is 0.563. The minimum atomic E-state index is -3.64. The zero-order valence-corrected chi connectivity index (χ0v) is 17.8. The van der Waals surface area contributed by atoms with Gasteiger partial charge in [0.05, 0.1) is 24.2 Å². The fraction of sp³-hybridized carbons (Fsp3) is 0.174. The fourth-order valence-corrected chi connectivity index (χ4v) is 4.02. The number of hydrogen-bond donors (Lipinski definition) is 1. The monoisotopic (exact) mass is 423 g/mol. The van der Waals surface area contributed by atoms with Gasteiger partial charge in [-0.05, 0) is 36.2 Å². The molecule has 0 saturated carbocycles. The normalized spacial score (nSPS) is 11.0. The number of anilines is 2. The summed E-state index contributed by atoms with van der Waals surface area (Å²) >= 11 is 0. The van der Waals surface area contributed by atoms with Crippen LogP contribution in [0.15, 0.2) is 84.9 Å². The van der Waals surface area contributed by atoms with Gasteiger partial charge in [0.15, 0.2) is 0 Å². The van der Waals surface area contributed by atoms with Gasteiger partial charge in [0.1, 0.15) is 6.54 Å². The molecule has 1 N–H and O–H groups in total. The van der Waals surface area contributed by atoms with Crippen LogP contribution in [0.25, 0.3) is 0 Å². The van der Waals surface area contributed by atoms with Crippen LogP contribution in [-0.4, -0.2) is 27.1 Å². The highest BCUT2D eigenvalue weighted by Gasteiger charge is 2.23. The van der Waals surface area contributed by atoms with Crippen LogP contribution in [0.3, 0.4) is 0 Å². The summed E-state index contributed by atoms with van der Waals surface area (Å²) in [6.07, 6.45) is 1.10. The molecule has 3 rings (SSSR count). The molecule has 0 unspecified atom stereocenters. The lowest BCUT2D eigenvalue weighted by Gasteiger charge is -2.28. The van der Waals surface area contributed by atoms with E-state index >= 15 is 0 Å². The number of nitrogens with one attached hydrogen (secondary N) is 1. The molecule has 3 aromatic rings. The van der Waals surface area contributed by atoms with Crippen LogP contribution >= 0.6 is 0 Å². The number of benzene rings is 3. The molecule has 0 fully saturated rings. The number of hydrazine groups is 1. The number of carbonyl (C=O) groups excluding carboxylic acids is 1. The molecule has 0 aliphatic carbocycles. The standard InChI is InChI=1S/C23H25N3O3S/c1-19-11-9-10-16-22(19)26(30(2,28)29)18-23(27)24-25(21-14-7-4-8-15-21)17-20-12-5-3-6-13-20/h3-16H,17-18H2,1-2H3,(H,24,27). The molecule has 0 radical (unpaired) electrons. The Morgan fingerprint density at radius 3 is 2.03 bits per heavy atom. The Morgan fingerprint density at radius 1 is 0.867 bits per heavy atom. The van der Waals surface area contributed by atoms with Gasteiger partial charge in [-0.1, -0.05) is 66.7 Å². The Kier molecular flexibility index (Phi) is 6.74. The maximum absolute atomic E-state index is 12.9. The first-order chi connectivity index (χ1) is 14.3. The summed E-state index contributed by atoms with van der Waals surface area (Å²) in [5, 5.41) is 1.72. The first-order valence-corrected chi connectivity index (χ1v) is 11.4. The molecular formula is C23H25N3O3S. The minimum absolute atomic E-state index is 0.318. The van der Waals surface area contributed by atoms with Crippen molar-refractivity contribution in [2.45, 2.75) is 13.5 Å². The highest BCUT2D eigenvalue weighted by atomic mass is 32.2. The van der Waals surface area contributed by atoms with Gasteiger partial charge in [-0.25, -0.2) is 8.42 Å². The number of nitrogens with zero attached hydrogens (tertiary/aromatic N) is 2. The van der Waals surface area contributed by atoms with Crippen molar-refractivity contribution in [2.75, 3.05) is 22.1 Å². The zero-order chi connectivity index (χ0) is 21.6. The number of amides is 1. The van der Waals surface area contributed by atoms with Gasteiger partial charge in [0.2, 0.25) is 10.0 Å². The Balaban J connectivity index is 1.83. The molecule has 0 atom stereocenters. The van der Waals surface area contributed by atoms with E-state index in [9.17, 15) is 13.2 Å². The predicted molar refractivity (Wildman–Crippen MR) is 121 cm³/mol. The van der Waals surface area contributed by atoms with Gasteiger partial charge < -0.3 is 0 Å². The second-order valence-electron chi connectivity index (χ2n) is 7.00. The van der Waals surface area contributed by atoms with E-state index in [-0.39, 0.29) is 6.54 Å². The summed E-state index contributed by atoms with van der Waals surface area (Å²) in [6, 6.07) is 26.3. The molecule has 0 bridgehead atoms. The van der Waals surface area contributed by atoms with Crippen LogP contribution in [0.5, 0.6) is 0 Å². The molecule has 0 heterocycles. The molecule has 0 spiro atoms. The molecule has 0 aliphatic rings. The number of carbonyl (C=O) groups is 1. The maximum Gasteiger partial charge on any atom is 0.259 e. The molecule has 1 amide bonds. The number of para-hydroxylation sites is 2. The largest absolute Gasteiger partial charge is 0.281 e. The average molecular weight is 424 g/mol. The van der Waals surface area contributed by atoms with Crippen molar-refractivity contribution in [1.82, 2.24) is 5.43 Å². The lowest BCUT2D eigenvalue weighted by Crippen LogP contribution is -2.48. The van der Waals surface area contributed by atoms with Crippen molar-refractivity contribution in [2.24, 2.45) is 0 Å². The van der Waals surface area contributed by atoms with Crippen molar-refractivity contribution in [3.05, 3.63) is 96.1 Å². The van der Waals surface area contributed by atoms with E-state index in [1.54, 1.807) is 17.1 Å². The van der Waals surface area contributed by atoms with Crippen LogP contribution in [0, 0.1) is 6.92 Å². The Labute approximate surface area is 177 Å². The summed E-state index contributed by atoms with van der Waals surface area (Å²) in [6.45, 7) is 1.94. The van der Waals surface area contributed by atoms with E-state index in [2.05, 4.69) is 5.43 Å². The number of rotatable bonds is 8. The molecule has 0 aromatic heterocycles. The predicted octanol–water partition coefficient (Wildman–Crippen LogP) is 3.50. The van der Waals surface area contributed by atoms with Crippen LogP contribution in [0.2, 0.25) is 0 Å². The molecule has 6 nitrogen and oxygen atoms in total. The SMILES string of the molecule is Cc1ccccc1N(CC(=O)NN(Cc1ccccc1)c1ccccc1)S(C)(=O)=O. The molecule has 156 valence electrons. The lowest BCUT2D eigenvalue weighted by atomic mass is 10.2. The molecular weight excluding hydrogens is 398 g/mol. The summed E-state index contributed by atoms with van der Waals surface area (Å²) in [5.41, 5.74) is 5.95. The first kappa shape index (κ1) is 21.4. The van der Waals surface area contributed by atoms with Gasteiger partial charge in [-0.2, -0.15) is 0 Å². The number of hydrogen-bond acceptors (Lipinski definition) is 4. The number of sulfonamides is 1. The third-order valence-corrected chi connectivity index (χ3v) is 5.71. The smallest absolute Gasteiger partial charge is 0.259 e. The van der Waals surface area contributed by atoms with Crippen LogP contribution in [-0.2, 0) is 21.4 Å². The van der Waals surface area contributed by atoms with E-state index in [4.69, 9.17) is 0 Å². The van der Waals surface area contributed by atoms with E-state index in [1.165, 1.54) is 0 Å². The highest BCUT2D eigenvalue weighted by Crippen LogP contribution is 2.22. The summed E-state index contributed by atoms with van der Waals surface area (Å²) < 4.78 is 25.9. The van der Waals surface area contributed by atoms with Gasteiger partial charge in [0, 0.05) is 0 Å². The zero-order valence-electron chi connectivity index (χ0n) is 17.0. The minimum Gasteiger partial charge on any atom is -0.281 e. The van der Waals surface area contributed by atoms with E-state index < -0.39 is 15.9 Å². The average Bonchev–Trinajstić information content (AvgIpc) is 2.73. The Morgan fingerprint density at radius 2 is 1.43 bits per heavy atom. The van der Waals surface area contributed by atoms with Crippen molar-refractivity contribution in [1.29, 1.82) is 0 Å². The lowest BCUT2D eigenvalue weighted by molar-refractivity contribution is -0.119. The Hall–Kier alpha value is -3.32. The molecule has 7 heteroatoms. The van der Waals surface area contributed by atoms with Gasteiger partial charge in [-0.3, -0.25) is 19.5 Å². The second kappa shape index (κ2) is 9.45. The summed E-state index contributed by atoms with van der Waals surface area (Å²) in [5.74, 6) is -0.427. The summed E-state index contributed by atoms with van der Waals surface area (Å²) in [4.78, 5) is 12.9. The van der Waals surface area contributed by atoms with E-state index in [1.807, 2.05) is 79.7 Å². The van der Waals surface area contributed by atoms with Gasteiger partial charge in [-0.15, -0.1) is 0 Å². The molecule has 3 aromatic carbocycles. The van der Waals surface area contributed by atoms with Crippen molar-refractivity contribution in [3.63, 3.8) is 0 Å². The topological polar surface area (TPSA) is 69.7 Å². The third kappa shape index (κ3) is 5.61. The molecule has 0 saturated heterocycles. The first-order valence-electron chi connectivity index (χ1n) is 9.54. The third-order valence-electron chi connectivity index (χ3n) is 4.58. The molecule has 30 heavy (non-hydrogen) atoms. The van der Waals surface area contributed by atoms with E-state index in [0.29, 0.717) is 12.2 Å². The number of aryl methyl sites for hydroxylation is 1. The second-order valence-corrected chi connectivity index (χ2v) is 8.91. The van der Waals surface area contributed by atoms with Crippen molar-refractivity contribution >= 4 is 27.3 Å². The Bertz CT molecular complexity index is 1090. The van der Waals surface area contributed by atoms with Crippen molar-refractivity contribution < 1.29 is 13.2 Å². The van der Waals surface area contributed by atoms with Gasteiger partial charge in [0.25, 0.3) is 5.91 Å². The van der Waals surface area contributed by atoms with Crippen LogP contribution in [0.4, 0.5) is 11.4 Å². The van der Waals surface area contributed by atoms with Crippen LogP contribution in [0.1, 0.15) is 11.1 Å². The maximum atomic E-state index is 12.9. The highest BCUT2D eigenvalue weighted by molar-refractivity contribution is 7.92. The van der Waals surface area contributed by atoms with E-state index in [0.717, 1.165) is 27.4 Å². The van der Waals surface area contributed by atoms with Crippen molar-refractivity contribution in [3.8, 4) is 0 Å². The summed E-state index contributed by atoms with van der Waals surface area (Å²) in [7, 11) is -3.64.